The zero-order valence-corrected chi connectivity index (χ0v) is 13.2. The Labute approximate surface area is 130 Å². The van der Waals surface area contributed by atoms with Crippen LogP contribution >= 0.6 is 12.2 Å². The maximum Gasteiger partial charge on any atom is 0.257 e. The summed E-state index contributed by atoms with van der Waals surface area (Å²) < 4.78 is 0. The van der Waals surface area contributed by atoms with Crippen molar-refractivity contribution in [2.75, 3.05) is 0 Å². The summed E-state index contributed by atoms with van der Waals surface area (Å²) in [5, 5.41) is 2.59. The standard InChI is InChI=1S/C15H21N3O2S/c1-3-4-5-9-13(19)17-18-15(21)16-14(20)12-8-6-7-11(2)10-12/h6-8,10H,3-5,9H2,1-2H3,(H,17,19)(H2,16,18,20,21). The lowest BCUT2D eigenvalue weighted by molar-refractivity contribution is -0.121. The Hall–Kier alpha value is -1.95. The first kappa shape index (κ1) is 17.1. The molecule has 0 aliphatic rings. The van der Waals surface area contributed by atoms with Gasteiger partial charge in [-0.25, -0.2) is 0 Å². The number of rotatable bonds is 5. The third kappa shape index (κ3) is 6.85. The van der Waals surface area contributed by atoms with E-state index in [1.54, 1.807) is 18.2 Å². The van der Waals surface area contributed by atoms with Gasteiger partial charge in [0.2, 0.25) is 5.91 Å². The minimum Gasteiger partial charge on any atom is -0.298 e. The van der Waals surface area contributed by atoms with Gasteiger partial charge in [-0.2, -0.15) is 0 Å². The zero-order chi connectivity index (χ0) is 15.7. The molecular weight excluding hydrogens is 286 g/mol. The molecule has 0 aliphatic heterocycles. The third-order valence-corrected chi connectivity index (χ3v) is 3.03. The van der Waals surface area contributed by atoms with E-state index in [-0.39, 0.29) is 16.9 Å². The van der Waals surface area contributed by atoms with Gasteiger partial charge in [0, 0.05) is 12.0 Å². The summed E-state index contributed by atoms with van der Waals surface area (Å²) >= 11 is 4.96. The largest absolute Gasteiger partial charge is 0.298 e. The van der Waals surface area contributed by atoms with E-state index < -0.39 is 0 Å². The number of hydrogen-bond acceptors (Lipinski definition) is 3. The summed E-state index contributed by atoms with van der Waals surface area (Å²) in [5.74, 6) is -0.452. The Morgan fingerprint density at radius 2 is 1.95 bits per heavy atom. The summed E-state index contributed by atoms with van der Waals surface area (Å²) in [6, 6.07) is 7.18. The molecule has 21 heavy (non-hydrogen) atoms. The van der Waals surface area contributed by atoms with Crippen LogP contribution < -0.4 is 16.2 Å². The molecule has 0 aliphatic carbocycles. The van der Waals surface area contributed by atoms with E-state index in [0.29, 0.717) is 12.0 Å². The van der Waals surface area contributed by atoms with Crippen LogP contribution in [0.1, 0.15) is 48.5 Å². The number of hydrogen-bond donors (Lipinski definition) is 3. The molecule has 0 bridgehead atoms. The third-order valence-electron chi connectivity index (χ3n) is 2.83. The summed E-state index contributed by atoms with van der Waals surface area (Å²) in [4.78, 5) is 23.4. The van der Waals surface area contributed by atoms with Gasteiger partial charge in [-0.15, -0.1) is 0 Å². The first-order chi connectivity index (χ1) is 10.0. The average molecular weight is 307 g/mol. The highest BCUT2D eigenvalue weighted by atomic mass is 32.1. The van der Waals surface area contributed by atoms with Gasteiger partial charge in [0.05, 0.1) is 0 Å². The van der Waals surface area contributed by atoms with Crippen molar-refractivity contribution in [1.82, 2.24) is 16.2 Å². The number of thiocarbonyl (C=S) groups is 1. The zero-order valence-electron chi connectivity index (χ0n) is 12.4. The van der Waals surface area contributed by atoms with Gasteiger partial charge >= 0.3 is 0 Å². The van der Waals surface area contributed by atoms with E-state index in [2.05, 4.69) is 23.1 Å². The highest BCUT2D eigenvalue weighted by Crippen LogP contribution is 2.03. The minimum absolute atomic E-state index is 0.0744. The number of benzene rings is 1. The number of aryl methyl sites for hydroxylation is 1. The van der Waals surface area contributed by atoms with Gasteiger partial charge in [-0.05, 0) is 37.7 Å². The molecule has 0 radical (unpaired) electrons. The molecule has 0 heterocycles. The van der Waals surface area contributed by atoms with Crippen LogP contribution in [-0.4, -0.2) is 16.9 Å². The van der Waals surface area contributed by atoms with Crippen molar-refractivity contribution < 1.29 is 9.59 Å². The van der Waals surface area contributed by atoms with E-state index >= 15 is 0 Å². The normalized spacial score (nSPS) is 9.81. The van der Waals surface area contributed by atoms with Crippen LogP contribution in [0.5, 0.6) is 0 Å². The molecule has 1 aromatic carbocycles. The topological polar surface area (TPSA) is 70.2 Å². The number of carbonyl (C=O) groups is 2. The Morgan fingerprint density at radius 3 is 2.62 bits per heavy atom. The molecule has 0 spiro atoms. The van der Waals surface area contributed by atoms with Gasteiger partial charge in [0.25, 0.3) is 5.91 Å². The van der Waals surface area contributed by atoms with Crippen molar-refractivity contribution in [1.29, 1.82) is 0 Å². The summed E-state index contributed by atoms with van der Waals surface area (Å²) in [5.41, 5.74) is 6.50. The van der Waals surface area contributed by atoms with E-state index in [1.807, 2.05) is 13.0 Å². The highest BCUT2D eigenvalue weighted by molar-refractivity contribution is 7.80. The first-order valence-electron chi connectivity index (χ1n) is 6.99. The van der Waals surface area contributed by atoms with Crippen LogP contribution in [0.4, 0.5) is 0 Å². The number of amides is 2. The first-order valence-corrected chi connectivity index (χ1v) is 7.40. The fourth-order valence-corrected chi connectivity index (χ4v) is 1.86. The molecule has 0 unspecified atom stereocenters. The second-order valence-corrected chi connectivity index (χ2v) is 5.19. The van der Waals surface area contributed by atoms with Crippen molar-refractivity contribution >= 4 is 29.1 Å². The molecule has 0 aromatic heterocycles. The lowest BCUT2D eigenvalue weighted by Gasteiger charge is -2.11. The maximum atomic E-state index is 11.9. The predicted octanol–water partition coefficient (Wildman–Crippen LogP) is 2.21. The van der Waals surface area contributed by atoms with Crippen LogP contribution in [0.2, 0.25) is 0 Å². The molecule has 114 valence electrons. The van der Waals surface area contributed by atoms with Gasteiger partial charge in [0.1, 0.15) is 0 Å². The summed E-state index contributed by atoms with van der Waals surface area (Å²) in [7, 11) is 0. The van der Waals surface area contributed by atoms with Crippen LogP contribution in [0.3, 0.4) is 0 Å². The number of unbranched alkanes of at least 4 members (excludes halogenated alkanes) is 2. The molecule has 0 saturated heterocycles. The van der Waals surface area contributed by atoms with E-state index in [1.165, 1.54) is 0 Å². The van der Waals surface area contributed by atoms with Crippen LogP contribution in [-0.2, 0) is 4.79 Å². The molecular formula is C15H21N3O2S. The Morgan fingerprint density at radius 1 is 1.19 bits per heavy atom. The summed E-state index contributed by atoms with van der Waals surface area (Å²) in [6.07, 6.45) is 3.36. The number of carbonyl (C=O) groups excluding carboxylic acids is 2. The van der Waals surface area contributed by atoms with Crippen molar-refractivity contribution in [3.8, 4) is 0 Å². The predicted molar refractivity (Wildman–Crippen MR) is 86.7 cm³/mol. The second-order valence-electron chi connectivity index (χ2n) is 4.78. The lowest BCUT2D eigenvalue weighted by atomic mass is 10.1. The Balaban J connectivity index is 2.33. The molecule has 0 fully saturated rings. The smallest absolute Gasteiger partial charge is 0.257 e. The quantitative estimate of drug-likeness (QED) is 0.443. The molecule has 2 amide bonds. The van der Waals surface area contributed by atoms with Gasteiger partial charge in [-0.3, -0.25) is 25.8 Å². The number of nitrogens with one attached hydrogen (secondary N) is 3. The molecule has 0 atom stereocenters. The SMILES string of the molecule is CCCCCC(=O)NNC(=S)NC(=O)c1cccc(C)c1. The van der Waals surface area contributed by atoms with Gasteiger partial charge in [0.15, 0.2) is 5.11 Å². The molecule has 5 nitrogen and oxygen atoms in total. The lowest BCUT2D eigenvalue weighted by Crippen LogP contribution is -2.48. The molecule has 0 saturated carbocycles. The van der Waals surface area contributed by atoms with Crippen molar-refractivity contribution in [3.63, 3.8) is 0 Å². The van der Waals surface area contributed by atoms with Crippen molar-refractivity contribution in [2.45, 2.75) is 39.5 Å². The Bertz CT molecular complexity index is 517. The fraction of sp³-hybridized carbons (Fsp3) is 0.400. The monoisotopic (exact) mass is 307 g/mol. The minimum atomic E-state index is -0.309. The Kier molecular flexibility index (Phi) is 7.39. The van der Waals surface area contributed by atoms with Gasteiger partial charge < -0.3 is 0 Å². The summed E-state index contributed by atoms with van der Waals surface area (Å²) in [6.45, 7) is 3.98. The molecule has 1 aromatic rings. The van der Waals surface area contributed by atoms with E-state index in [0.717, 1.165) is 24.8 Å². The highest BCUT2D eigenvalue weighted by Gasteiger charge is 2.08. The maximum absolute atomic E-state index is 11.9. The van der Waals surface area contributed by atoms with E-state index in [9.17, 15) is 9.59 Å². The van der Waals surface area contributed by atoms with Crippen molar-refractivity contribution in [2.24, 2.45) is 0 Å². The van der Waals surface area contributed by atoms with Gasteiger partial charge in [-0.1, -0.05) is 37.5 Å². The van der Waals surface area contributed by atoms with E-state index in [4.69, 9.17) is 12.2 Å². The van der Waals surface area contributed by atoms with Crippen LogP contribution in [0, 0.1) is 6.92 Å². The second kappa shape index (κ2) is 9.07. The van der Waals surface area contributed by atoms with Crippen molar-refractivity contribution in [3.05, 3.63) is 35.4 Å². The van der Waals surface area contributed by atoms with Crippen LogP contribution in [0.15, 0.2) is 24.3 Å². The number of hydrazine groups is 1. The molecule has 3 N–H and O–H groups in total. The fourth-order valence-electron chi connectivity index (χ4n) is 1.72. The van der Waals surface area contributed by atoms with Crippen LogP contribution in [0.25, 0.3) is 0 Å². The molecule has 1 rings (SSSR count). The molecule has 6 heteroatoms. The average Bonchev–Trinajstić information content (AvgIpc) is 2.45.